The molecule has 3 aromatic rings. The molecule has 26 heavy (non-hydrogen) atoms. The zero-order valence-electron chi connectivity index (χ0n) is 14.6. The van der Waals surface area contributed by atoms with Crippen molar-refractivity contribution in [2.24, 2.45) is 4.99 Å². The van der Waals surface area contributed by atoms with Gasteiger partial charge in [-0.15, -0.1) is 24.0 Å². The van der Waals surface area contributed by atoms with E-state index in [9.17, 15) is 4.39 Å². The molecular formula is C20H22FIN4. The van der Waals surface area contributed by atoms with E-state index in [0.717, 1.165) is 48.4 Å². The molecule has 0 fully saturated rings. The van der Waals surface area contributed by atoms with Crippen LogP contribution in [0.25, 0.3) is 10.9 Å². The number of hydrogen-bond donors (Lipinski definition) is 2. The standard InChI is InChI=1S/C20H21FN4.HI/c1-22-20(25-11-9-14-4-2-3-5-19(14)25)23-10-8-15-13-24-18-7-6-16(21)12-17(15)18;/h2-7,12-13,24H,8-11H2,1H3,(H,22,23);1H. The van der Waals surface area contributed by atoms with Gasteiger partial charge in [0, 0.05) is 42.9 Å². The van der Waals surface area contributed by atoms with Crippen molar-refractivity contribution in [3.8, 4) is 0 Å². The number of aromatic nitrogens is 1. The van der Waals surface area contributed by atoms with Gasteiger partial charge in [-0.2, -0.15) is 0 Å². The Morgan fingerprint density at radius 1 is 1.27 bits per heavy atom. The summed E-state index contributed by atoms with van der Waals surface area (Å²) in [4.78, 5) is 9.85. The number of benzene rings is 2. The fraction of sp³-hybridized carbons (Fsp3) is 0.250. The van der Waals surface area contributed by atoms with Crippen LogP contribution >= 0.6 is 24.0 Å². The van der Waals surface area contributed by atoms with Gasteiger partial charge in [-0.25, -0.2) is 4.39 Å². The maximum atomic E-state index is 13.5. The van der Waals surface area contributed by atoms with Crippen LogP contribution in [0, 0.1) is 5.82 Å². The molecule has 4 nitrogen and oxygen atoms in total. The first-order valence-electron chi connectivity index (χ1n) is 8.58. The van der Waals surface area contributed by atoms with Crippen LogP contribution in [-0.2, 0) is 12.8 Å². The van der Waals surface area contributed by atoms with Gasteiger partial charge < -0.3 is 15.2 Å². The van der Waals surface area contributed by atoms with E-state index in [1.165, 1.54) is 17.3 Å². The van der Waals surface area contributed by atoms with Crippen LogP contribution in [-0.4, -0.2) is 31.1 Å². The van der Waals surface area contributed by atoms with Crippen LogP contribution in [0.4, 0.5) is 10.1 Å². The number of H-pyrrole nitrogens is 1. The Morgan fingerprint density at radius 3 is 2.96 bits per heavy atom. The zero-order valence-corrected chi connectivity index (χ0v) is 17.0. The van der Waals surface area contributed by atoms with Crippen LogP contribution in [0.15, 0.2) is 53.7 Å². The van der Waals surface area contributed by atoms with Crippen molar-refractivity contribution >= 4 is 46.5 Å². The van der Waals surface area contributed by atoms with Crippen LogP contribution < -0.4 is 10.2 Å². The predicted molar refractivity (Wildman–Crippen MR) is 116 cm³/mol. The van der Waals surface area contributed by atoms with E-state index in [1.54, 1.807) is 12.1 Å². The van der Waals surface area contributed by atoms with Gasteiger partial charge in [0.1, 0.15) is 5.82 Å². The predicted octanol–water partition coefficient (Wildman–Crippen LogP) is 4.11. The lowest BCUT2D eigenvalue weighted by atomic mass is 10.1. The number of hydrogen-bond acceptors (Lipinski definition) is 1. The number of anilines is 1. The minimum Gasteiger partial charge on any atom is -0.361 e. The van der Waals surface area contributed by atoms with E-state index in [0.29, 0.717) is 0 Å². The van der Waals surface area contributed by atoms with Crippen molar-refractivity contribution in [1.82, 2.24) is 10.3 Å². The van der Waals surface area contributed by atoms with Crippen molar-refractivity contribution in [3.63, 3.8) is 0 Å². The molecule has 0 radical (unpaired) electrons. The van der Waals surface area contributed by atoms with Gasteiger partial charge in [-0.3, -0.25) is 4.99 Å². The summed E-state index contributed by atoms with van der Waals surface area (Å²) in [5, 5.41) is 4.39. The van der Waals surface area contributed by atoms with Gasteiger partial charge in [0.15, 0.2) is 5.96 Å². The molecule has 2 heterocycles. The highest BCUT2D eigenvalue weighted by atomic mass is 127. The first-order chi connectivity index (χ1) is 12.3. The maximum Gasteiger partial charge on any atom is 0.198 e. The maximum absolute atomic E-state index is 13.5. The lowest BCUT2D eigenvalue weighted by Crippen LogP contribution is -2.41. The Morgan fingerprint density at radius 2 is 2.12 bits per heavy atom. The number of halogens is 2. The normalized spacial score (nSPS) is 13.6. The van der Waals surface area contributed by atoms with Crippen LogP contribution in [0.2, 0.25) is 0 Å². The molecule has 0 amide bonds. The monoisotopic (exact) mass is 464 g/mol. The first-order valence-corrected chi connectivity index (χ1v) is 8.58. The van der Waals surface area contributed by atoms with Gasteiger partial charge in [0.05, 0.1) is 0 Å². The topological polar surface area (TPSA) is 43.4 Å². The second-order valence-corrected chi connectivity index (χ2v) is 6.26. The van der Waals surface area contributed by atoms with E-state index in [1.807, 2.05) is 13.2 Å². The first kappa shape index (κ1) is 18.7. The molecule has 0 saturated carbocycles. The zero-order chi connectivity index (χ0) is 17.2. The summed E-state index contributed by atoms with van der Waals surface area (Å²) in [5.41, 5.74) is 4.66. The molecule has 2 N–H and O–H groups in total. The van der Waals surface area contributed by atoms with Gasteiger partial charge in [0.2, 0.25) is 0 Å². The number of fused-ring (bicyclic) bond motifs is 2. The van der Waals surface area contributed by atoms with Crippen molar-refractivity contribution in [2.45, 2.75) is 12.8 Å². The van der Waals surface area contributed by atoms with Crippen molar-refractivity contribution < 1.29 is 4.39 Å². The summed E-state index contributed by atoms with van der Waals surface area (Å²) < 4.78 is 13.5. The summed E-state index contributed by atoms with van der Waals surface area (Å²) in [6.07, 6.45) is 3.80. The minimum absolute atomic E-state index is 0. The van der Waals surface area contributed by atoms with E-state index in [4.69, 9.17) is 0 Å². The third-order valence-electron chi connectivity index (χ3n) is 4.76. The molecule has 0 saturated heterocycles. The van der Waals surface area contributed by atoms with E-state index in [-0.39, 0.29) is 29.8 Å². The van der Waals surface area contributed by atoms with Gasteiger partial charge in [-0.05, 0) is 48.2 Å². The lowest BCUT2D eigenvalue weighted by molar-refractivity contribution is 0.629. The average Bonchev–Trinajstić information content (AvgIpc) is 3.23. The molecule has 4 rings (SSSR count). The number of nitrogens with one attached hydrogen (secondary N) is 2. The van der Waals surface area contributed by atoms with Crippen LogP contribution in [0.1, 0.15) is 11.1 Å². The highest BCUT2D eigenvalue weighted by Gasteiger charge is 2.22. The fourth-order valence-corrected chi connectivity index (χ4v) is 3.52. The smallest absolute Gasteiger partial charge is 0.198 e. The van der Waals surface area contributed by atoms with Gasteiger partial charge in [-0.1, -0.05) is 18.2 Å². The third-order valence-corrected chi connectivity index (χ3v) is 4.76. The molecule has 0 atom stereocenters. The molecule has 1 aliphatic rings. The van der Waals surface area contributed by atoms with Crippen molar-refractivity contribution in [1.29, 1.82) is 0 Å². The average molecular weight is 464 g/mol. The quantitative estimate of drug-likeness (QED) is 0.348. The Bertz CT molecular complexity index is 934. The summed E-state index contributed by atoms with van der Waals surface area (Å²) in [7, 11) is 1.81. The minimum atomic E-state index is -0.203. The lowest BCUT2D eigenvalue weighted by Gasteiger charge is -2.22. The highest BCUT2D eigenvalue weighted by Crippen LogP contribution is 2.27. The molecule has 1 aromatic heterocycles. The summed E-state index contributed by atoms with van der Waals surface area (Å²) >= 11 is 0. The van der Waals surface area contributed by atoms with E-state index in [2.05, 4.69) is 44.5 Å². The number of para-hydroxylation sites is 1. The second-order valence-electron chi connectivity index (χ2n) is 6.26. The Labute approximate surface area is 169 Å². The molecular weight excluding hydrogens is 442 g/mol. The van der Waals surface area contributed by atoms with Gasteiger partial charge >= 0.3 is 0 Å². The summed E-state index contributed by atoms with van der Waals surface area (Å²) in [6.45, 7) is 1.69. The van der Waals surface area contributed by atoms with Crippen molar-refractivity contribution in [2.75, 3.05) is 25.0 Å². The number of aliphatic imine (C=N–C) groups is 1. The Kier molecular flexibility index (Phi) is 5.80. The largest absolute Gasteiger partial charge is 0.361 e. The molecule has 0 bridgehead atoms. The van der Waals surface area contributed by atoms with E-state index < -0.39 is 0 Å². The fourth-order valence-electron chi connectivity index (χ4n) is 3.52. The molecule has 0 unspecified atom stereocenters. The molecule has 1 aliphatic heterocycles. The molecule has 2 aromatic carbocycles. The van der Waals surface area contributed by atoms with Crippen LogP contribution in [0.5, 0.6) is 0 Å². The number of aromatic amines is 1. The number of rotatable bonds is 3. The third kappa shape index (κ3) is 3.56. The van der Waals surface area contributed by atoms with E-state index >= 15 is 0 Å². The molecule has 0 aliphatic carbocycles. The Hall–Kier alpha value is -2.09. The summed E-state index contributed by atoms with van der Waals surface area (Å²) in [5.74, 6) is 0.682. The van der Waals surface area contributed by atoms with Crippen LogP contribution in [0.3, 0.4) is 0 Å². The second kappa shape index (κ2) is 8.07. The SMILES string of the molecule is CN=C(NCCc1c[nH]c2ccc(F)cc12)N1CCc2ccccc21.I. The van der Waals surface area contributed by atoms with Crippen molar-refractivity contribution in [3.05, 3.63) is 65.6 Å². The summed E-state index contributed by atoms with van der Waals surface area (Å²) in [6, 6.07) is 13.3. The Balaban J connectivity index is 0.00000196. The van der Waals surface area contributed by atoms with Gasteiger partial charge in [0.25, 0.3) is 0 Å². The molecule has 6 heteroatoms. The molecule has 0 spiro atoms. The number of guanidine groups is 1. The molecule has 136 valence electrons. The number of nitrogens with zero attached hydrogens (tertiary/aromatic N) is 2. The highest BCUT2D eigenvalue weighted by molar-refractivity contribution is 14.0.